The quantitative estimate of drug-likeness (QED) is 0.940. The summed E-state index contributed by atoms with van der Waals surface area (Å²) in [7, 11) is 1.91. The summed E-state index contributed by atoms with van der Waals surface area (Å²) in [6.45, 7) is 2.62. The number of nitrogens with one attached hydrogen (secondary N) is 1. The van der Waals surface area contributed by atoms with Gasteiger partial charge in [0.25, 0.3) is 0 Å². The first-order valence-corrected chi connectivity index (χ1v) is 6.53. The third kappa shape index (κ3) is 2.97. The highest BCUT2D eigenvalue weighted by molar-refractivity contribution is 9.10. The summed E-state index contributed by atoms with van der Waals surface area (Å²) in [5.74, 6) is -0.232. The molecule has 1 aromatic carbocycles. The molecule has 0 saturated carbocycles. The molecule has 2 rings (SSSR count). The molecule has 1 aromatic heterocycles. The number of halogens is 2. The van der Waals surface area contributed by atoms with E-state index in [9.17, 15) is 4.39 Å². The molecule has 0 fully saturated rings. The van der Waals surface area contributed by atoms with Gasteiger partial charge in [-0.15, -0.1) is 0 Å². The van der Waals surface area contributed by atoms with E-state index in [-0.39, 0.29) is 11.9 Å². The van der Waals surface area contributed by atoms with Crippen molar-refractivity contribution in [1.82, 2.24) is 15.1 Å². The largest absolute Gasteiger partial charge is 0.313 e. The fourth-order valence-electron chi connectivity index (χ4n) is 1.70. The summed E-state index contributed by atoms with van der Waals surface area (Å²) < 4.78 is 15.9. The molecular weight excluding hydrogens is 297 g/mol. The van der Waals surface area contributed by atoms with Gasteiger partial charge >= 0.3 is 0 Å². The van der Waals surface area contributed by atoms with E-state index in [0.717, 1.165) is 15.6 Å². The Bertz CT molecular complexity index is 539. The van der Waals surface area contributed by atoms with Crippen molar-refractivity contribution in [3.8, 4) is 0 Å². The monoisotopic (exact) mass is 311 g/mol. The molecule has 0 amide bonds. The molecule has 0 aliphatic heterocycles. The van der Waals surface area contributed by atoms with E-state index >= 15 is 0 Å². The normalized spacial score (nSPS) is 12.7. The van der Waals surface area contributed by atoms with Crippen LogP contribution in [0.3, 0.4) is 0 Å². The molecule has 3 nitrogen and oxygen atoms in total. The van der Waals surface area contributed by atoms with Crippen LogP contribution in [0.1, 0.15) is 24.1 Å². The Kier molecular flexibility index (Phi) is 4.14. The zero-order chi connectivity index (χ0) is 13.1. The fourth-order valence-corrected chi connectivity index (χ4v) is 2.07. The topological polar surface area (TPSA) is 29.9 Å². The lowest BCUT2D eigenvalue weighted by molar-refractivity contribution is 0.617. The highest BCUT2D eigenvalue weighted by Crippen LogP contribution is 2.19. The molecule has 0 saturated heterocycles. The molecule has 1 N–H and O–H groups in total. The van der Waals surface area contributed by atoms with E-state index in [2.05, 4.69) is 33.3 Å². The van der Waals surface area contributed by atoms with Gasteiger partial charge in [-0.25, -0.2) is 4.39 Å². The lowest BCUT2D eigenvalue weighted by Gasteiger charge is -2.07. The van der Waals surface area contributed by atoms with Gasteiger partial charge in [0.2, 0.25) is 0 Å². The van der Waals surface area contributed by atoms with Crippen molar-refractivity contribution in [3.05, 3.63) is 52.0 Å². The van der Waals surface area contributed by atoms with Gasteiger partial charge in [-0.3, -0.25) is 4.68 Å². The Morgan fingerprint density at radius 2 is 2.28 bits per heavy atom. The number of nitrogens with zero attached hydrogens (tertiary/aromatic N) is 2. The van der Waals surface area contributed by atoms with Crippen LogP contribution in [0, 0.1) is 5.82 Å². The van der Waals surface area contributed by atoms with E-state index in [1.807, 2.05) is 24.1 Å². The van der Waals surface area contributed by atoms with Gasteiger partial charge in [-0.1, -0.05) is 15.9 Å². The molecule has 0 radical (unpaired) electrons. The first kappa shape index (κ1) is 13.2. The molecule has 1 heterocycles. The van der Waals surface area contributed by atoms with Crippen LogP contribution in [0.25, 0.3) is 0 Å². The third-order valence-electron chi connectivity index (χ3n) is 2.93. The molecule has 1 unspecified atom stereocenters. The van der Waals surface area contributed by atoms with Gasteiger partial charge in [0, 0.05) is 22.3 Å². The zero-order valence-corrected chi connectivity index (χ0v) is 11.9. The van der Waals surface area contributed by atoms with Gasteiger partial charge in [0.1, 0.15) is 5.82 Å². The number of hydrogen-bond donors (Lipinski definition) is 1. The molecule has 1 atom stereocenters. The van der Waals surface area contributed by atoms with Crippen molar-refractivity contribution in [2.75, 3.05) is 7.05 Å². The Morgan fingerprint density at radius 1 is 1.50 bits per heavy atom. The molecule has 18 heavy (non-hydrogen) atoms. The third-order valence-corrected chi connectivity index (χ3v) is 3.70. The second-order valence-corrected chi connectivity index (χ2v) is 5.07. The van der Waals surface area contributed by atoms with Crippen molar-refractivity contribution < 1.29 is 4.39 Å². The van der Waals surface area contributed by atoms with Crippen LogP contribution in [-0.2, 0) is 6.54 Å². The first-order chi connectivity index (χ1) is 8.60. The average Bonchev–Trinajstić information content (AvgIpc) is 2.81. The van der Waals surface area contributed by atoms with Crippen LogP contribution in [0.5, 0.6) is 0 Å². The summed E-state index contributed by atoms with van der Waals surface area (Å²) >= 11 is 3.42. The van der Waals surface area contributed by atoms with Crippen molar-refractivity contribution >= 4 is 15.9 Å². The summed E-state index contributed by atoms with van der Waals surface area (Å²) in [5.41, 5.74) is 1.99. The van der Waals surface area contributed by atoms with Crippen molar-refractivity contribution in [2.24, 2.45) is 0 Å². The van der Waals surface area contributed by atoms with Crippen LogP contribution in [0.15, 0.2) is 35.1 Å². The van der Waals surface area contributed by atoms with Gasteiger partial charge in [0.05, 0.1) is 12.7 Å². The van der Waals surface area contributed by atoms with Crippen LogP contribution in [0.4, 0.5) is 4.39 Å². The average molecular weight is 312 g/mol. The highest BCUT2D eigenvalue weighted by atomic mass is 79.9. The SMILES string of the molecule is CNC(C)c1cnn(Cc2cc(F)ccc2Br)c1. The van der Waals surface area contributed by atoms with Gasteiger partial charge in [-0.05, 0) is 37.7 Å². The number of hydrogen-bond acceptors (Lipinski definition) is 2. The zero-order valence-electron chi connectivity index (χ0n) is 10.3. The molecule has 2 aromatic rings. The molecule has 96 valence electrons. The minimum atomic E-state index is -0.232. The lowest BCUT2D eigenvalue weighted by Crippen LogP contribution is -2.11. The van der Waals surface area contributed by atoms with E-state index in [1.54, 1.807) is 6.07 Å². The van der Waals surface area contributed by atoms with Crippen LogP contribution in [-0.4, -0.2) is 16.8 Å². The maximum absolute atomic E-state index is 13.2. The minimum Gasteiger partial charge on any atom is -0.313 e. The van der Waals surface area contributed by atoms with Crippen LogP contribution < -0.4 is 5.32 Å². The number of benzene rings is 1. The van der Waals surface area contributed by atoms with Crippen molar-refractivity contribution in [1.29, 1.82) is 0 Å². The predicted molar refractivity (Wildman–Crippen MR) is 72.9 cm³/mol. The van der Waals surface area contributed by atoms with Crippen molar-refractivity contribution in [3.63, 3.8) is 0 Å². The number of rotatable bonds is 4. The molecule has 0 aliphatic rings. The maximum atomic E-state index is 13.2. The number of aromatic nitrogens is 2. The Balaban J connectivity index is 2.18. The van der Waals surface area contributed by atoms with Crippen LogP contribution in [0.2, 0.25) is 0 Å². The Morgan fingerprint density at radius 3 is 3.00 bits per heavy atom. The second-order valence-electron chi connectivity index (χ2n) is 4.22. The molecular formula is C13H15BrFN3. The van der Waals surface area contributed by atoms with Gasteiger partial charge < -0.3 is 5.32 Å². The first-order valence-electron chi connectivity index (χ1n) is 5.73. The molecule has 0 bridgehead atoms. The van der Waals surface area contributed by atoms with Crippen LogP contribution >= 0.6 is 15.9 Å². The van der Waals surface area contributed by atoms with E-state index in [1.165, 1.54) is 12.1 Å². The minimum absolute atomic E-state index is 0.232. The molecule has 5 heteroatoms. The van der Waals surface area contributed by atoms with E-state index in [4.69, 9.17) is 0 Å². The fraction of sp³-hybridized carbons (Fsp3) is 0.308. The Hall–Kier alpha value is -1.20. The van der Waals surface area contributed by atoms with Crippen molar-refractivity contribution in [2.45, 2.75) is 19.5 Å². The van der Waals surface area contributed by atoms with E-state index in [0.29, 0.717) is 6.54 Å². The lowest BCUT2D eigenvalue weighted by atomic mass is 10.2. The molecule has 0 aliphatic carbocycles. The predicted octanol–water partition coefficient (Wildman–Crippen LogP) is 3.11. The Labute approximate surface area is 114 Å². The summed E-state index contributed by atoms with van der Waals surface area (Å²) in [6.07, 6.45) is 3.80. The maximum Gasteiger partial charge on any atom is 0.123 e. The second kappa shape index (κ2) is 5.63. The highest BCUT2D eigenvalue weighted by Gasteiger charge is 2.07. The summed E-state index contributed by atoms with van der Waals surface area (Å²) in [5, 5.41) is 7.44. The van der Waals surface area contributed by atoms with E-state index < -0.39 is 0 Å². The molecule has 0 spiro atoms. The standard InChI is InChI=1S/C13H15BrFN3/c1-9(16-2)11-6-17-18(8-11)7-10-5-12(15)3-4-13(10)14/h3-6,8-9,16H,7H2,1-2H3. The van der Waals surface area contributed by atoms with Gasteiger partial charge in [0.15, 0.2) is 0 Å². The summed E-state index contributed by atoms with van der Waals surface area (Å²) in [4.78, 5) is 0. The summed E-state index contributed by atoms with van der Waals surface area (Å²) in [6, 6.07) is 4.93. The smallest absolute Gasteiger partial charge is 0.123 e. The van der Waals surface area contributed by atoms with Gasteiger partial charge in [-0.2, -0.15) is 5.10 Å².